The molecule has 1 N–H and O–H groups in total. The van der Waals surface area contributed by atoms with E-state index in [1.807, 2.05) is 0 Å². The molecule has 0 aromatic carbocycles. The molecule has 2 atom stereocenters. The Morgan fingerprint density at radius 3 is 2.39 bits per heavy atom. The normalized spacial score (nSPS) is 16.8. The first-order chi connectivity index (χ1) is 8.62. The highest BCUT2D eigenvalue weighted by Crippen LogP contribution is 2.26. The Kier molecular flexibility index (Phi) is 6.33. The molecule has 1 rings (SSSR count). The second kappa shape index (κ2) is 7.27. The summed E-state index contributed by atoms with van der Waals surface area (Å²) in [7, 11) is 2.09. The van der Waals surface area contributed by atoms with Gasteiger partial charge in [-0.3, -0.25) is 4.90 Å². The van der Waals surface area contributed by atoms with Crippen LogP contribution in [-0.2, 0) is 6.42 Å². The highest BCUT2D eigenvalue weighted by atomic mass is 32.1. The minimum atomic E-state index is 0.222. The van der Waals surface area contributed by atoms with Crippen molar-refractivity contribution in [2.24, 2.45) is 0 Å². The van der Waals surface area contributed by atoms with Crippen molar-refractivity contribution >= 4 is 11.3 Å². The molecule has 1 aromatic heterocycles. The fourth-order valence-corrected chi connectivity index (χ4v) is 3.60. The van der Waals surface area contributed by atoms with Crippen LogP contribution in [-0.4, -0.2) is 36.6 Å². The molecule has 2 nitrogen and oxygen atoms in total. The molecule has 0 bridgehead atoms. The minimum absolute atomic E-state index is 0.222. The summed E-state index contributed by atoms with van der Waals surface area (Å²) in [6.45, 7) is 11.4. The number of rotatable bonds is 8. The van der Waals surface area contributed by atoms with Gasteiger partial charge in [0.1, 0.15) is 0 Å². The van der Waals surface area contributed by atoms with Crippen LogP contribution in [0.1, 0.15) is 39.7 Å². The molecule has 0 amide bonds. The van der Waals surface area contributed by atoms with Crippen LogP contribution in [0.15, 0.2) is 16.8 Å². The van der Waals surface area contributed by atoms with E-state index in [0.717, 1.165) is 19.5 Å². The first-order valence-corrected chi connectivity index (χ1v) is 7.99. The molecule has 0 aliphatic carbocycles. The van der Waals surface area contributed by atoms with E-state index in [0.29, 0.717) is 6.04 Å². The van der Waals surface area contributed by atoms with Gasteiger partial charge in [-0.15, -0.1) is 0 Å². The SMILES string of the molecule is CCN(CC)C(C)(CC)C(Cc1ccsc1)NC. The molecule has 3 heteroatoms. The monoisotopic (exact) mass is 268 g/mol. The number of likely N-dealkylation sites (N-methyl/N-ethyl adjacent to an activating group) is 2. The second-order valence-electron chi connectivity index (χ2n) is 5.06. The van der Waals surface area contributed by atoms with Gasteiger partial charge in [0, 0.05) is 11.6 Å². The predicted octanol–water partition coefficient (Wildman–Crippen LogP) is 3.39. The van der Waals surface area contributed by atoms with Gasteiger partial charge in [-0.1, -0.05) is 20.8 Å². The second-order valence-corrected chi connectivity index (χ2v) is 5.84. The maximum absolute atomic E-state index is 3.54. The zero-order chi connectivity index (χ0) is 13.6. The lowest BCUT2D eigenvalue weighted by Gasteiger charge is -2.45. The first kappa shape index (κ1) is 15.7. The minimum Gasteiger partial charge on any atom is -0.315 e. The van der Waals surface area contributed by atoms with Gasteiger partial charge >= 0.3 is 0 Å². The molecule has 0 aliphatic rings. The van der Waals surface area contributed by atoms with Gasteiger partial charge in [-0.25, -0.2) is 0 Å². The van der Waals surface area contributed by atoms with Crippen molar-refractivity contribution < 1.29 is 0 Å². The molecule has 1 aromatic rings. The van der Waals surface area contributed by atoms with E-state index in [2.05, 4.69) is 61.8 Å². The molecule has 0 saturated heterocycles. The molecule has 0 fully saturated rings. The topological polar surface area (TPSA) is 15.3 Å². The van der Waals surface area contributed by atoms with Gasteiger partial charge in [0.25, 0.3) is 0 Å². The van der Waals surface area contributed by atoms with Crippen LogP contribution in [0, 0.1) is 0 Å². The van der Waals surface area contributed by atoms with Crippen molar-refractivity contribution in [1.29, 1.82) is 0 Å². The van der Waals surface area contributed by atoms with Gasteiger partial charge in [-0.2, -0.15) is 11.3 Å². The van der Waals surface area contributed by atoms with Crippen LogP contribution < -0.4 is 5.32 Å². The third-order valence-electron chi connectivity index (χ3n) is 4.32. The molecule has 104 valence electrons. The third-order valence-corrected chi connectivity index (χ3v) is 5.05. The molecule has 0 aliphatic heterocycles. The zero-order valence-electron chi connectivity index (χ0n) is 12.5. The maximum atomic E-state index is 3.54. The lowest BCUT2D eigenvalue weighted by atomic mass is 9.84. The lowest BCUT2D eigenvalue weighted by Crippen LogP contribution is -2.59. The van der Waals surface area contributed by atoms with Crippen LogP contribution in [0.25, 0.3) is 0 Å². The van der Waals surface area contributed by atoms with Crippen molar-refractivity contribution in [3.63, 3.8) is 0 Å². The van der Waals surface area contributed by atoms with Crippen molar-refractivity contribution in [3.8, 4) is 0 Å². The predicted molar refractivity (Wildman–Crippen MR) is 82.5 cm³/mol. The Morgan fingerprint density at radius 1 is 1.33 bits per heavy atom. The van der Waals surface area contributed by atoms with Crippen molar-refractivity contribution in [2.45, 2.75) is 52.1 Å². The van der Waals surface area contributed by atoms with Crippen molar-refractivity contribution in [1.82, 2.24) is 10.2 Å². The number of hydrogen-bond acceptors (Lipinski definition) is 3. The maximum Gasteiger partial charge on any atom is 0.0334 e. The molecular weight excluding hydrogens is 240 g/mol. The van der Waals surface area contributed by atoms with Crippen molar-refractivity contribution in [3.05, 3.63) is 22.4 Å². The van der Waals surface area contributed by atoms with E-state index < -0.39 is 0 Å². The van der Waals surface area contributed by atoms with Gasteiger partial charge in [0.15, 0.2) is 0 Å². The smallest absolute Gasteiger partial charge is 0.0334 e. The summed E-state index contributed by atoms with van der Waals surface area (Å²) in [5.74, 6) is 0. The molecule has 0 radical (unpaired) electrons. The summed E-state index contributed by atoms with van der Waals surface area (Å²) >= 11 is 1.79. The lowest BCUT2D eigenvalue weighted by molar-refractivity contribution is 0.0731. The molecule has 0 saturated carbocycles. The van der Waals surface area contributed by atoms with Gasteiger partial charge in [-0.05, 0) is 62.3 Å². The number of nitrogens with zero attached hydrogens (tertiary/aromatic N) is 1. The van der Waals surface area contributed by atoms with Gasteiger partial charge in [0.2, 0.25) is 0 Å². The summed E-state index contributed by atoms with van der Waals surface area (Å²) < 4.78 is 0. The fourth-order valence-electron chi connectivity index (χ4n) is 2.91. The van der Waals surface area contributed by atoms with E-state index in [1.165, 1.54) is 12.0 Å². The molecule has 18 heavy (non-hydrogen) atoms. The van der Waals surface area contributed by atoms with Crippen LogP contribution in [0.2, 0.25) is 0 Å². The Morgan fingerprint density at radius 2 is 2.00 bits per heavy atom. The third kappa shape index (κ3) is 3.34. The van der Waals surface area contributed by atoms with Crippen molar-refractivity contribution in [2.75, 3.05) is 20.1 Å². The molecule has 2 unspecified atom stereocenters. The average Bonchev–Trinajstić information content (AvgIpc) is 2.89. The highest BCUT2D eigenvalue weighted by Gasteiger charge is 2.35. The summed E-state index contributed by atoms with van der Waals surface area (Å²) in [6.07, 6.45) is 2.28. The summed E-state index contributed by atoms with van der Waals surface area (Å²) in [5.41, 5.74) is 1.67. The number of nitrogens with one attached hydrogen (secondary N) is 1. The quantitative estimate of drug-likeness (QED) is 0.777. The van der Waals surface area contributed by atoms with Gasteiger partial charge < -0.3 is 5.32 Å². The Hall–Kier alpha value is -0.380. The average molecular weight is 268 g/mol. The first-order valence-electron chi connectivity index (χ1n) is 7.05. The van der Waals surface area contributed by atoms with Crippen LogP contribution in [0.5, 0.6) is 0 Å². The summed E-state index contributed by atoms with van der Waals surface area (Å²) in [6, 6.07) is 2.74. The number of hydrogen-bond donors (Lipinski definition) is 1. The summed E-state index contributed by atoms with van der Waals surface area (Å²) in [5, 5.41) is 7.98. The molecule has 1 heterocycles. The largest absolute Gasteiger partial charge is 0.315 e. The Balaban J connectivity index is 2.87. The zero-order valence-corrected chi connectivity index (χ0v) is 13.3. The fraction of sp³-hybridized carbons (Fsp3) is 0.733. The Labute approximate surface area is 116 Å². The Bertz CT molecular complexity index is 319. The molecule has 0 spiro atoms. The van der Waals surface area contributed by atoms with E-state index in [-0.39, 0.29) is 5.54 Å². The standard InChI is InChI=1S/C15H28N2S/c1-6-15(4,17(7-2)8-3)14(16-5)11-13-9-10-18-12-13/h9-10,12,14,16H,6-8,11H2,1-5H3. The van der Waals surface area contributed by atoms with E-state index in [4.69, 9.17) is 0 Å². The number of thiophene rings is 1. The molecular formula is C15H28N2S. The summed E-state index contributed by atoms with van der Waals surface area (Å²) in [4.78, 5) is 2.58. The van der Waals surface area contributed by atoms with Gasteiger partial charge in [0.05, 0.1) is 0 Å². The van der Waals surface area contributed by atoms with Crippen LogP contribution >= 0.6 is 11.3 Å². The van der Waals surface area contributed by atoms with Crippen LogP contribution in [0.3, 0.4) is 0 Å². The van der Waals surface area contributed by atoms with E-state index >= 15 is 0 Å². The van der Waals surface area contributed by atoms with E-state index in [9.17, 15) is 0 Å². The van der Waals surface area contributed by atoms with Crippen LogP contribution in [0.4, 0.5) is 0 Å². The van der Waals surface area contributed by atoms with E-state index in [1.54, 1.807) is 11.3 Å². The highest BCUT2D eigenvalue weighted by molar-refractivity contribution is 7.07.